The molecule has 0 spiro atoms. The Balaban J connectivity index is 4.39. The summed E-state index contributed by atoms with van der Waals surface area (Å²) in [4.78, 5) is 11.0. The summed E-state index contributed by atoms with van der Waals surface area (Å²) >= 11 is 2.16. The Morgan fingerprint density at radius 1 is 1.40 bits per heavy atom. The lowest BCUT2D eigenvalue weighted by Gasteiger charge is -2.16. The molecule has 0 aliphatic heterocycles. The number of aliphatic hydroxyl groups excluding tert-OH is 1. The Morgan fingerprint density at radius 3 is 2.33 bits per heavy atom. The zero-order chi connectivity index (χ0) is 12.0. The molecule has 0 saturated carbocycles. The van der Waals surface area contributed by atoms with Gasteiger partial charge in [-0.05, 0) is 36.8 Å². The van der Waals surface area contributed by atoms with E-state index in [1.54, 1.807) is 13.8 Å². The molecule has 0 aliphatic rings. The van der Waals surface area contributed by atoms with Gasteiger partial charge in [-0.15, -0.1) is 0 Å². The first kappa shape index (κ1) is 14.8. The number of carbonyl (C=O) groups excluding carboxylic acids is 1. The van der Waals surface area contributed by atoms with Crippen LogP contribution >= 0.6 is 22.6 Å². The first-order chi connectivity index (χ1) is 6.88. The minimum atomic E-state index is -0.412. The number of ketones is 1. The zero-order valence-electron chi connectivity index (χ0n) is 9.75. The van der Waals surface area contributed by atoms with Gasteiger partial charge in [-0.3, -0.25) is 4.79 Å². The first-order valence-electron chi connectivity index (χ1n) is 5.01. The van der Waals surface area contributed by atoms with Crippen molar-refractivity contribution >= 4 is 28.4 Å². The molecule has 3 heteroatoms. The Bertz CT molecular complexity index is 279. The fourth-order valence-electron chi connectivity index (χ4n) is 1.18. The number of allylic oxidation sites excluding steroid dienone is 1. The number of halogens is 1. The van der Waals surface area contributed by atoms with E-state index in [9.17, 15) is 9.90 Å². The van der Waals surface area contributed by atoms with Crippen LogP contribution in [0.4, 0.5) is 0 Å². The predicted octanol–water partition coefficient (Wildman–Crippen LogP) is 3.25. The van der Waals surface area contributed by atoms with Crippen LogP contribution in [0.1, 0.15) is 34.1 Å². The van der Waals surface area contributed by atoms with Crippen molar-refractivity contribution in [1.82, 2.24) is 0 Å². The van der Waals surface area contributed by atoms with Gasteiger partial charge in [0.2, 0.25) is 0 Å². The Hall–Kier alpha value is -0.160. The molecule has 0 heterocycles. The van der Waals surface area contributed by atoms with Crippen LogP contribution in [-0.4, -0.2) is 17.0 Å². The SMILES string of the molecule is CC(=O)/C(C)=C/[C@@H](C)[C@@H](O)C/C(C)=C/I. The molecule has 0 radical (unpaired) electrons. The molecule has 0 aromatic heterocycles. The van der Waals surface area contributed by atoms with Crippen LogP contribution in [0.5, 0.6) is 0 Å². The predicted molar refractivity (Wildman–Crippen MR) is 72.0 cm³/mol. The van der Waals surface area contributed by atoms with E-state index in [1.807, 2.05) is 24.0 Å². The second-order valence-corrected chi connectivity index (χ2v) is 4.61. The maximum absolute atomic E-state index is 11.0. The van der Waals surface area contributed by atoms with Gasteiger partial charge in [0, 0.05) is 5.92 Å². The lowest BCUT2D eigenvalue weighted by molar-refractivity contribution is -0.113. The summed E-state index contributed by atoms with van der Waals surface area (Å²) in [6.07, 6.45) is 2.09. The summed E-state index contributed by atoms with van der Waals surface area (Å²) < 4.78 is 1.97. The van der Waals surface area contributed by atoms with Gasteiger partial charge in [0.15, 0.2) is 5.78 Å². The quantitative estimate of drug-likeness (QED) is 0.623. The molecule has 15 heavy (non-hydrogen) atoms. The van der Waals surface area contributed by atoms with Crippen LogP contribution in [0, 0.1) is 5.92 Å². The van der Waals surface area contributed by atoms with Gasteiger partial charge in [0.05, 0.1) is 6.10 Å². The molecule has 0 aromatic carbocycles. The fraction of sp³-hybridized carbons (Fsp3) is 0.583. The highest BCUT2D eigenvalue weighted by atomic mass is 127. The van der Waals surface area contributed by atoms with Crippen LogP contribution < -0.4 is 0 Å². The van der Waals surface area contributed by atoms with Crippen molar-refractivity contribution < 1.29 is 9.90 Å². The van der Waals surface area contributed by atoms with Crippen molar-refractivity contribution in [3.63, 3.8) is 0 Å². The summed E-state index contributed by atoms with van der Waals surface area (Å²) in [7, 11) is 0. The molecule has 0 bridgehead atoms. The van der Waals surface area contributed by atoms with Crippen LogP contribution in [0.2, 0.25) is 0 Å². The average Bonchev–Trinajstić information content (AvgIpc) is 2.16. The maximum Gasteiger partial charge on any atom is 0.155 e. The number of hydrogen-bond acceptors (Lipinski definition) is 2. The van der Waals surface area contributed by atoms with Crippen LogP contribution in [0.15, 0.2) is 21.3 Å². The summed E-state index contributed by atoms with van der Waals surface area (Å²) in [6, 6.07) is 0. The van der Waals surface area contributed by atoms with Gasteiger partial charge in [-0.25, -0.2) is 0 Å². The van der Waals surface area contributed by atoms with Crippen molar-refractivity contribution in [2.45, 2.75) is 40.2 Å². The van der Waals surface area contributed by atoms with E-state index in [1.165, 1.54) is 0 Å². The number of rotatable bonds is 5. The Morgan fingerprint density at radius 2 is 1.93 bits per heavy atom. The third-order valence-corrected chi connectivity index (χ3v) is 3.46. The summed E-state index contributed by atoms with van der Waals surface area (Å²) in [5, 5.41) is 9.85. The molecule has 2 atom stereocenters. The minimum absolute atomic E-state index is 0.0141. The Kier molecular flexibility index (Phi) is 7.09. The molecule has 1 N–H and O–H groups in total. The molecular weight excluding hydrogens is 303 g/mol. The molecule has 0 unspecified atom stereocenters. The van der Waals surface area contributed by atoms with E-state index >= 15 is 0 Å². The van der Waals surface area contributed by atoms with Gasteiger partial charge >= 0.3 is 0 Å². The molecule has 2 nitrogen and oxygen atoms in total. The minimum Gasteiger partial charge on any atom is -0.392 e. The highest BCUT2D eigenvalue weighted by molar-refractivity contribution is 14.1. The maximum atomic E-state index is 11.0. The third-order valence-electron chi connectivity index (χ3n) is 2.39. The van der Waals surface area contributed by atoms with E-state index in [0.717, 1.165) is 11.1 Å². The van der Waals surface area contributed by atoms with Crippen LogP contribution in [0.25, 0.3) is 0 Å². The second kappa shape index (κ2) is 7.17. The zero-order valence-corrected chi connectivity index (χ0v) is 11.9. The van der Waals surface area contributed by atoms with E-state index in [0.29, 0.717) is 6.42 Å². The van der Waals surface area contributed by atoms with Crippen molar-refractivity contribution in [1.29, 1.82) is 0 Å². The van der Waals surface area contributed by atoms with Gasteiger partial charge in [-0.1, -0.05) is 41.2 Å². The monoisotopic (exact) mass is 322 g/mol. The molecule has 86 valence electrons. The molecule has 0 fully saturated rings. The van der Waals surface area contributed by atoms with Crippen molar-refractivity contribution in [3.05, 3.63) is 21.3 Å². The summed E-state index contributed by atoms with van der Waals surface area (Å²) in [5.41, 5.74) is 1.88. The molecule has 0 rings (SSSR count). The van der Waals surface area contributed by atoms with Crippen LogP contribution in [0.3, 0.4) is 0 Å². The van der Waals surface area contributed by atoms with Crippen molar-refractivity contribution in [2.24, 2.45) is 5.92 Å². The molecule has 0 aliphatic carbocycles. The highest BCUT2D eigenvalue weighted by Crippen LogP contribution is 2.16. The van der Waals surface area contributed by atoms with E-state index in [2.05, 4.69) is 22.6 Å². The molecule has 0 saturated heterocycles. The van der Waals surface area contributed by atoms with E-state index in [-0.39, 0.29) is 11.7 Å². The lowest BCUT2D eigenvalue weighted by Crippen LogP contribution is -2.16. The van der Waals surface area contributed by atoms with Crippen molar-refractivity contribution in [2.75, 3.05) is 0 Å². The summed E-state index contributed by atoms with van der Waals surface area (Å²) in [5.74, 6) is 0.0791. The normalized spacial score (nSPS) is 17.5. The smallest absolute Gasteiger partial charge is 0.155 e. The molecule has 0 amide bonds. The van der Waals surface area contributed by atoms with Gasteiger partial charge in [-0.2, -0.15) is 0 Å². The van der Waals surface area contributed by atoms with E-state index in [4.69, 9.17) is 0 Å². The second-order valence-electron chi connectivity index (χ2n) is 3.99. The van der Waals surface area contributed by atoms with Gasteiger partial charge in [0.1, 0.15) is 0 Å². The number of Topliss-reactive ketones (excluding diaryl/α,β-unsaturated/α-hetero) is 1. The number of hydrogen-bond donors (Lipinski definition) is 1. The average molecular weight is 322 g/mol. The number of aliphatic hydroxyl groups is 1. The largest absolute Gasteiger partial charge is 0.392 e. The highest BCUT2D eigenvalue weighted by Gasteiger charge is 2.13. The van der Waals surface area contributed by atoms with Gasteiger partial charge in [0.25, 0.3) is 0 Å². The fourth-order valence-corrected chi connectivity index (χ4v) is 1.44. The topological polar surface area (TPSA) is 37.3 Å². The van der Waals surface area contributed by atoms with E-state index < -0.39 is 6.10 Å². The first-order valence-corrected chi connectivity index (χ1v) is 6.26. The van der Waals surface area contributed by atoms with Crippen molar-refractivity contribution in [3.8, 4) is 0 Å². The molecule has 0 aromatic rings. The standard InChI is InChI=1S/C12H19IO2/c1-8(7-13)5-12(15)10(3)6-9(2)11(4)14/h6-7,10,12,15H,5H2,1-4H3/b8-7+,9-6+/t10-,12+/m1/s1. The third kappa shape index (κ3) is 6.10. The Labute approximate surface area is 106 Å². The lowest BCUT2D eigenvalue weighted by atomic mass is 9.96. The van der Waals surface area contributed by atoms with Crippen LogP contribution in [-0.2, 0) is 4.79 Å². The van der Waals surface area contributed by atoms with Gasteiger partial charge < -0.3 is 5.11 Å². The number of carbonyl (C=O) groups is 1. The summed E-state index contributed by atoms with van der Waals surface area (Å²) in [6.45, 7) is 7.25. The molecular formula is C12H19IO2.